The van der Waals surface area contributed by atoms with E-state index in [1.165, 1.54) is 25.2 Å². The van der Waals surface area contributed by atoms with E-state index in [1.54, 1.807) is 0 Å². The number of rotatable bonds is 1. The van der Waals surface area contributed by atoms with Crippen molar-refractivity contribution in [1.82, 2.24) is 9.78 Å². The molecule has 2 aromatic rings. The molecule has 0 N–H and O–H groups in total. The van der Waals surface area contributed by atoms with E-state index in [9.17, 15) is 17.6 Å². The molecule has 0 amide bonds. The van der Waals surface area contributed by atoms with Gasteiger partial charge in [0, 0.05) is 18.8 Å². The highest BCUT2D eigenvalue weighted by Crippen LogP contribution is 2.36. The number of hydrogen-bond donors (Lipinski definition) is 0. The summed E-state index contributed by atoms with van der Waals surface area (Å²) in [5.74, 6) is -0.725. The van der Waals surface area contributed by atoms with E-state index < -0.39 is 23.3 Å². The number of halogens is 4. The molecule has 0 aliphatic heterocycles. The lowest BCUT2D eigenvalue weighted by Crippen LogP contribution is -2.05. The molecule has 0 fully saturated rings. The lowest BCUT2D eigenvalue weighted by atomic mass is 10.1. The summed E-state index contributed by atoms with van der Waals surface area (Å²) in [7, 11) is 1.36. The molecule has 0 radical (unpaired) electrons. The molecule has 6 heteroatoms. The van der Waals surface area contributed by atoms with Gasteiger partial charge < -0.3 is 0 Å². The maximum atomic E-state index is 13.4. The van der Waals surface area contributed by atoms with E-state index in [0.29, 0.717) is 0 Å². The maximum absolute atomic E-state index is 13.4. The van der Waals surface area contributed by atoms with E-state index in [1.807, 2.05) is 0 Å². The summed E-state index contributed by atoms with van der Waals surface area (Å²) >= 11 is 0. The second-order valence-electron chi connectivity index (χ2n) is 3.54. The van der Waals surface area contributed by atoms with Gasteiger partial charge in [0.2, 0.25) is 0 Å². The number of aromatic nitrogens is 2. The summed E-state index contributed by atoms with van der Waals surface area (Å²) in [6.45, 7) is 0. The van der Waals surface area contributed by atoms with Crippen LogP contribution in [0.3, 0.4) is 0 Å². The molecule has 0 aliphatic rings. The molecule has 1 aromatic carbocycles. The average molecular weight is 244 g/mol. The zero-order chi connectivity index (χ0) is 12.6. The Hall–Kier alpha value is -1.85. The Balaban J connectivity index is 2.64. The lowest BCUT2D eigenvalue weighted by Gasteiger charge is -2.06. The largest absolute Gasteiger partial charge is 0.420 e. The number of hydrogen-bond acceptors (Lipinski definition) is 1. The average Bonchev–Trinajstić information content (AvgIpc) is 2.60. The number of nitrogens with zero attached hydrogens (tertiary/aromatic N) is 2. The third-order valence-corrected chi connectivity index (χ3v) is 2.26. The molecule has 0 spiro atoms. The van der Waals surface area contributed by atoms with E-state index in [2.05, 4.69) is 5.10 Å². The molecule has 0 bridgehead atoms. The Morgan fingerprint density at radius 2 is 1.82 bits per heavy atom. The third-order valence-electron chi connectivity index (χ3n) is 2.26. The fraction of sp³-hybridized carbons (Fsp3) is 0.182. The fourth-order valence-corrected chi connectivity index (χ4v) is 1.55. The van der Waals surface area contributed by atoms with Crippen LogP contribution in [0.5, 0.6) is 0 Å². The summed E-state index contributed by atoms with van der Waals surface area (Å²) in [5.41, 5.74) is -1.48. The summed E-state index contributed by atoms with van der Waals surface area (Å²) < 4.78 is 52.6. The summed E-state index contributed by atoms with van der Waals surface area (Å²) in [6, 6.07) is 5.25. The van der Waals surface area contributed by atoms with E-state index >= 15 is 0 Å². The monoisotopic (exact) mass is 244 g/mol. The zero-order valence-electron chi connectivity index (χ0n) is 8.79. The first kappa shape index (κ1) is 11.6. The van der Waals surface area contributed by atoms with E-state index in [-0.39, 0.29) is 5.56 Å². The van der Waals surface area contributed by atoms with Crippen molar-refractivity contribution in [2.45, 2.75) is 6.18 Å². The van der Waals surface area contributed by atoms with Crippen LogP contribution in [0.1, 0.15) is 5.56 Å². The fourth-order valence-electron chi connectivity index (χ4n) is 1.55. The quantitative estimate of drug-likeness (QED) is 0.704. The minimum Gasteiger partial charge on any atom is -0.275 e. The Kier molecular flexibility index (Phi) is 2.65. The standard InChI is InChI=1S/C11H8F4N2/c1-17-6-8(11(13,14)15)10(16-17)7-4-2-3-5-9(7)12/h2-6H,1H3. The molecule has 2 nitrogen and oxygen atoms in total. The van der Waals surface area contributed by atoms with Crippen LogP contribution in [0.25, 0.3) is 11.3 Å². The predicted molar refractivity (Wildman–Crippen MR) is 53.6 cm³/mol. The van der Waals surface area contributed by atoms with Crippen LogP contribution in [0.4, 0.5) is 17.6 Å². The molecule has 1 heterocycles. The molecule has 0 unspecified atom stereocenters. The van der Waals surface area contributed by atoms with Gasteiger partial charge in [-0.05, 0) is 12.1 Å². The third kappa shape index (κ3) is 2.15. The Morgan fingerprint density at radius 1 is 1.18 bits per heavy atom. The molecule has 17 heavy (non-hydrogen) atoms. The second kappa shape index (κ2) is 3.87. The van der Waals surface area contributed by atoms with Crippen LogP contribution in [-0.2, 0) is 13.2 Å². The molecule has 1 aromatic heterocycles. The van der Waals surface area contributed by atoms with Crippen LogP contribution < -0.4 is 0 Å². The topological polar surface area (TPSA) is 17.8 Å². The highest BCUT2D eigenvalue weighted by atomic mass is 19.4. The van der Waals surface area contributed by atoms with Gasteiger partial charge in [0.25, 0.3) is 0 Å². The molecule has 0 atom stereocenters. The highest BCUT2D eigenvalue weighted by Gasteiger charge is 2.36. The van der Waals surface area contributed by atoms with Crippen molar-refractivity contribution < 1.29 is 17.6 Å². The summed E-state index contributed by atoms with van der Waals surface area (Å²) in [5, 5.41) is 3.66. The van der Waals surface area contributed by atoms with Crippen molar-refractivity contribution in [3.05, 3.63) is 41.8 Å². The minimum absolute atomic E-state index is 0.152. The molecule has 0 saturated heterocycles. The Bertz CT molecular complexity index is 543. The Morgan fingerprint density at radius 3 is 2.41 bits per heavy atom. The number of aryl methyl sites for hydroxylation is 1. The Labute approximate surface area is 94.5 Å². The van der Waals surface area contributed by atoms with Gasteiger partial charge in [-0.2, -0.15) is 18.3 Å². The minimum atomic E-state index is -4.55. The normalized spacial score (nSPS) is 11.8. The van der Waals surface area contributed by atoms with Gasteiger partial charge in [-0.25, -0.2) is 4.39 Å². The van der Waals surface area contributed by atoms with Crippen LogP contribution in [0.2, 0.25) is 0 Å². The maximum Gasteiger partial charge on any atom is 0.420 e. The number of benzene rings is 1. The van der Waals surface area contributed by atoms with Crippen molar-refractivity contribution in [2.75, 3.05) is 0 Å². The highest BCUT2D eigenvalue weighted by molar-refractivity contribution is 5.64. The van der Waals surface area contributed by atoms with E-state index in [4.69, 9.17) is 0 Å². The summed E-state index contributed by atoms with van der Waals surface area (Å²) in [6.07, 6.45) is -3.71. The molecular formula is C11H8F4N2. The SMILES string of the molecule is Cn1cc(C(F)(F)F)c(-c2ccccc2F)n1. The van der Waals surface area contributed by atoms with Gasteiger partial charge in [0.15, 0.2) is 0 Å². The van der Waals surface area contributed by atoms with Crippen molar-refractivity contribution in [3.8, 4) is 11.3 Å². The van der Waals surface area contributed by atoms with Crippen molar-refractivity contribution >= 4 is 0 Å². The molecule has 90 valence electrons. The van der Waals surface area contributed by atoms with Gasteiger partial charge in [-0.15, -0.1) is 0 Å². The van der Waals surface area contributed by atoms with Gasteiger partial charge in [0.1, 0.15) is 17.1 Å². The predicted octanol–water partition coefficient (Wildman–Crippen LogP) is 3.25. The molecular weight excluding hydrogens is 236 g/mol. The van der Waals surface area contributed by atoms with Crippen LogP contribution in [-0.4, -0.2) is 9.78 Å². The lowest BCUT2D eigenvalue weighted by molar-refractivity contribution is -0.137. The molecule has 0 aliphatic carbocycles. The van der Waals surface area contributed by atoms with Crippen LogP contribution in [0.15, 0.2) is 30.5 Å². The van der Waals surface area contributed by atoms with Gasteiger partial charge in [-0.3, -0.25) is 4.68 Å². The van der Waals surface area contributed by atoms with E-state index in [0.717, 1.165) is 16.9 Å². The first-order valence-electron chi connectivity index (χ1n) is 4.75. The molecule has 0 saturated carbocycles. The van der Waals surface area contributed by atoms with Crippen molar-refractivity contribution in [1.29, 1.82) is 0 Å². The van der Waals surface area contributed by atoms with Gasteiger partial charge >= 0.3 is 6.18 Å². The number of alkyl halides is 3. The van der Waals surface area contributed by atoms with Gasteiger partial charge in [0.05, 0.1) is 0 Å². The first-order chi connectivity index (χ1) is 7.89. The van der Waals surface area contributed by atoms with Gasteiger partial charge in [-0.1, -0.05) is 12.1 Å². The van der Waals surface area contributed by atoms with Crippen molar-refractivity contribution in [2.24, 2.45) is 7.05 Å². The zero-order valence-corrected chi connectivity index (χ0v) is 8.79. The first-order valence-corrected chi connectivity index (χ1v) is 4.75. The smallest absolute Gasteiger partial charge is 0.275 e. The molecule has 2 rings (SSSR count). The van der Waals surface area contributed by atoms with Crippen LogP contribution >= 0.6 is 0 Å². The van der Waals surface area contributed by atoms with Crippen LogP contribution in [0, 0.1) is 5.82 Å². The second-order valence-corrected chi connectivity index (χ2v) is 3.54. The summed E-state index contributed by atoms with van der Waals surface area (Å²) in [4.78, 5) is 0. The van der Waals surface area contributed by atoms with Crippen molar-refractivity contribution in [3.63, 3.8) is 0 Å².